The van der Waals surface area contributed by atoms with Gasteiger partial charge in [-0.25, -0.2) is 0 Å². The molecule has 1 fully saturated rings. The third-order valence-electron chi connectivity index (χ3n) is 4.04. The van der Waals surface area contributed by atoms with E-state index in [1.807, 2.05) is 18.7 Å². The number of carbonyl (C=O) groups excluding carboxylic acids is 1. The number of carbonyl (C=O) groups is 1. The summed E-state index contributed by atoms with van der Waals surface area (Å²) in [4.78, 5) is 22.0. The Hall–Kier alpha value is -2.15. The van der Waals surface area contributed by atoms with Gasteiger partial charge in [0.2, 0.25) is 5.91 Å². The number of hydrogen-bond acceptors (Lipinski definition) is 4. The second-order valence-corrected chi connectivity index (χ2v) is 5.84. The highest BCUT2D eigenvalue weighted by atomic mass is 16.3. The molecule has 0 radical (unpaired) electrons. The highest BCUT2D eigenvalue weighted by Crippen LogP contribution is 2.12. The fraction of sp³-hybridized carbons (Fsp3) is 0.588. The fourth-order valence-electron chi connectivity index (χ4n) is 2.71. The van der Waals surface area contributed by atoms with Gasteiger partial charge >= 0.3 is 0 Å². The van der Waals surface area contributed by atoms with Crippen LogP contribution in [-0.4, -0.2) is 59.1 Å². The molecule has 1 aliphatic rings. The zero-order valence-electron chi connectivity index (χ0n) is 14.4. The van der Waals surface area contributed by atoms with Gasteiger partial charge in [0.05, 0.1) is 12.6 Å². The van der Waals surface area contributed by atoms with Crippen LogP contribution in [0.25, 0.3) is 0 Å². The molecule has 24 heavy (non-hydrogen) atoms. The molecule has 0 aliphatic carbocycles. The van der Waals surface area contributed by atoms with E-state index in [-0.39, 0.29) is 18.5 Å². The second kappa shape index (κ2) is 9.22. The zero-order chi connectivity index (χ0) is 17.4. The molecule has 2 heterocycles. The molecule has 0 bridgehead atoms. The molecule has 0 saturated carbocycles. The second-order valence-electron chi connectivity index (χ2n) is 5.84. The summed E-state index contributed by atoms with van der Waals surface area (Å²) in [7, 11) is 0. The summed E-state index contributed by atoms with van der Waals surface area (Å²) < 4.78 is 0. The van der Waals surface area contributed by atoms with E-state index < -0.39 is 6.10 Å². The van der Waals surface area contributed by atoms with Gasteiger partial charge in [-0.3, -0.25) is 14.8 Å². The van der Waals surface area contributed by atoms with E-state index in [4.69, 9.17) is 0 Å². The lowest BCUT2D eigenvalue weighted by molar-refractivity contribution is -0.129. The largest absolute Gasteiger partial charge is 0.386 e. The lowest BCUT2D eigenvalue weighted by Gasteiger charge is -2.19. The Balaban J connectivity index is 1.90. The number of aromatic nitrogens is 1. The van der Waals surface area contributed by atoms with Gasteiger partial charge < -0.3 is 20.6 Å². The minimum atomic E-state index is -0.662. The molecular formula is C17H27N5O2. The van der Waals surface area contributed by atoms with Crippen molar-refractivity contribution in [3.8, 4) is 0 Å². The molecule has 2 rings (SSSR count). The maximum Gasteiger partial charge on any atom is 0.222 e. The van der Waals surface area contributed by atoms with E-state index >= 15 is 0 Å². The number of aliphatic hydroxyl groups is 1. The number of guanidine groups is 1. The van der Waals surface area contributed by atoms with Crippen molar-refractivity contribution >= 4 is 11.9 Å². The minimum Gasteiger partial charge on any atom is -0.386 e. The van der Waals surface area contributed by atoms with Gasteiger partial charge in [-0.05, 0) is 31.0 Å². The Bertz CT molecular complexity index is 549. The number of aliphatic hydroxyl groups excluding tert-OH is 1. The average Bonchev–Trinajstić information content (AvgIpc) is 3.08. The van der Waals surface area contributed by atoms with Crippen molar-refractivity contribution in [1.82, 2.24) is 20.5 Å². The molecule has 2 atom stereocenters. The third-order valence-corrected chi connectivity index (χ3v) is 4.04. The molecule has 1 saturated heterocycles. The zero-order valence-corrected chi connectivity index (χ0v) is 14.4. The summed E-state index contributed by atoms with van der Waals surface area (Å²) in [5, 5.41) is 16.7. The van der Waals surface area contributed by atoms with E-state index in [1.165, 1.54) is 0 Å². The number of pyridine rings is 1. The molecule has 1 amide bonds. The van der Waals surface area contributed by atoms with Crippen LogP contribution in [0.2, 0.25) is 0 Å². The van der Waals surface area contributed by atoms with Crippen LogP contribution in [0, 0.1) is 0 Å². The van der Waals surface area contributed by atoms with Gasteiger partial charge in [-0.15, -0.1) is 0 Å². The Kier molecular flexibility index (Phi) is 6.99. The molecule has 2 unspecified atom stereocenters. The van der Waals surface area contributed by atoms with Crippen molar-refractivity contribution < 1.29 is 9.90 Å². The van der Waals surface area contributed by atoms with E-state index in [0.29, 0.717) is 18.9 Å². The number of nitrogens with one attached hydrogen (secondary N) is 2. The molecule has 1 aromatic rings. The Morgan fingerprint density at radius 2 is 2.21 bits per heavy atom. The Morgan fingerprint density at radius 1 is 1.46 bits per heavy atom. The van der Waals surface area contributed by atoms with Crippen LogP contribution in [0.3, 0.4) is 0 Å². The lowest BCUT2D eigenvalue weighted by Crippen LogP contribution is -2.45. The summed E-state index contributed by atoms with van der Waals surface area (Å²) in [6, 6.07) is 3.76. The Labute approximate surface area is 143 Å². The van der Waals surface area contributed by atoms with Gasteiger partial charge in [0.25, 0.3) is 0 Å². The maximum atomic E-state index is 11.8. The monoisotopic (exact) mass is 333 g/mol. The van der Waals surface area contributed by atoms with Gasteiger partial charge in [0.15, 0.2) is 5.96 Å². The van der Waals surface area contributed by atoms with Gasteiger partial charge in [0, 0.05) is 44.5 Å². The number of likely N-dealkylation sites (tertiary alicyclic amines) is 1. The summed E-state index contributed by atoms with van der Waals surface area (Å²) in [5.41, 5.74) is 0.796. The van der Waals surface area contributed by atoms with E-state index in [0.717, 1.165) is 25.1 Å². The third kappa shape index (κ3) is 5.19. The first-order valence-corrected chi connectivity index (χ1v) is 8.54. The van der Waals surface area contributed by atoms with Crippen molar-refractivity contribution in [2.75, 3.05) is 26.2 Å². The van der Waals surface area contributed by atoms with Gasteiger partial charge in [0.1, 0.15) is 0 Å². The summed E-state index contributed by atoms with van der Waals surface area (Å²) in [5.74, 6) is 0.857. The van der Waals surface area contributed by atoms with Crippen LogP contribution >= 0.6 is 0 Å². The molecule has 132 valence electrons. The molecule has 1 aliphatic heterocycles. The van der Waals surface area contributed by atoms with Crippen molar-refractivity contribution in [2.45, 2.75) is 38.8 Å². The predicted octanol–water partition coefficient (Wildman–Crippen LogP) is 0.681. The number of aliphatic imine (C=N–C) groups is 1. The molecule has 0 spiro atoms. The quantitative estimate of drug-likeness (QED) is 0.526. The predicted molar refractivity (Wildman–Crippen MR) is 93.6 cm³/mol. The number of nitrogens with zero attached hydrogens (tertiary/aromatic N) is 3. The van der Waals surface area contributed by atoms with Crippen LogP contribution in [-0.2, 0) is 4.79 Å². The van der Waals surface area contributed by atoms with Crippen molar-refractivity contribution in [3.05, 3.63) is 30.1 Å². The minimum absolute atomic E-state index is 0.189. The van der Waals surface area contributed by atoms with Crippen LogP contribution in [0.5, 0.6) is 0 Å². The highest BCUT2D eigenvalue weighted by Gasteiger charge is 2.25. The molecular weight excluding hydrogens is 306 g/mol. The molecule has 1 aromatic heterocycles. The lowest BCUT2D eigenvalue weighted by atomic mass is 10.1. The topological polar surface area (TPSA) is 89.8 Å². The van der Waals surface area contributed by atoms with Crippen molar-refractivity contribution in [3.63, 3.8) is 0 Å². The molecule has 3 N–H and O–H groups in total. The number of amides is 1. The highest BCUT2D eigenvalue weighted by molar-refractivity contribution is 5.80. The fourth-order valence-corrected chi connectivity index (χ4v) is 2.71. The van der Waals surface area contributed by atoms with Crippen LogP contribution in [0.15, 0.2) is 29.5 Å². The molecule has 7 nitrogen and oxygen atoms in total. The standard InChI is InChI=1S/C17H27N5O2/c1-3-16(24)22-10-7-14(12-22)21-17(19-4-2)20-11-15(23)13-5-8-18-9-6-13/h5-6,8-9,14-15,23H,3-4,7,10-12H2,1-2H3,(H2,19,20,21). The van der Waals surface area contributed by atoms with E-state index in [9.17, 15) is 9.90 Å². The maximum absolute atomic E-state index is 11.8. The van der Waals surface area contributed by atoms with Gasteiger partial charge in [-0.1, -0.05) is 6.92 Å². The Morgan fingerprint density at radius 3 is 2.88 bits per heavy atom. The van der Waals surface area contributed by atoms with Crippen LogP contribution in [0.4, 0.5) is 0 Å². The first kappa shape index (κ1) is 18.2. The van der Waals surface area contributed by atoms with Crippen LogP contribution in [0.1, 0.15) is 38.4 Å². The summed E-state index contributed by atoms with van der Waals surface area (Å²) >= 11 is 0. The van der Waals surface area contributed by atoms with Crippen LogP contribution < -0.4 is 10.6 Å². The molecule has 7 heteroatoms. The number of hydrogen-bond donors (Lipinski definition) is 3. The van der Waals surface area contributed by atoms with Crippen molar-refractivity contribution in [2.24, 2.45) is 4.99 Å². The smallest absolute Gasteiger partial charge is 0.222 e. The van der Waals surface area contributed by atoms with Crippen molar-refractivity contribution in [1.29, 1.82) is 0 Å². The number of rotatable bonds is 6. The normalized spacial score (nSPS) is 19.2. The first-order valence-electron chi connectivity index (χ1n) is 8.54. The average molecular weight is 333 g/mol. The molecule has 0 aromatic carbocycles. The summed E-state index contributed by atoms with van der Waals surface area (Å²) in [6.07, 6.45) is 4.10. The van der Waals surface area contributed by atoms with E-state index in [2.05, 4.69) is 20.6 Å². The SMILES string of the molecule is CCNC(=NCC(O)c1ccncc1)NC1CCN(C(=O)CC)C1. The first-order chi connectivity index (χ1) is 11.6. The summed E-state index contributed by atoms with van der Waals surface area (Å²) in [6.45, 7) is 6.37. The van der Waals surface area contributed by atoms with E-state index in [1.54, 1.807) is 24.5 Å². The van der Waals surface area contributed by atoms with Gasteiger partial charge in [-0.2, -0.15) is 0 Å².